The van der Waals surface area contributed by atoms with Crippen LogP contribution in [0.25, 0.3) is 22.5 Å². The number of benzene rings is 1. The Kier molecular flexibility index (Phi) is 3.65. The highest BCUT2D eigenvalue weighted by atomic mass is 35.5. The van der Waals surface area contributed by atoms with Gasteiger partial charge in [0.1, 0.15) is 0 Å². The molecular weight excluding hydrogens is 312 g/mol. The van der Waals surface area contributed by atoms with E-state index in [-0.39, 0.29) is 12.6 Å². The largest absolute Gasteiger partial charge is 0.354 e. The first-order chi connectivity index (χ1) is 11.2. The van der Waals surface area contributed by atoms with Gasteiger partial charge in [-0.25, -0.2) is 0 Å². The van der Waals surface area contributed by atoms with Gasteiger partial charge in [-0.2, -0.15) is 0 Å². The Morgan fingerprint density at radius 1 is 1.00 bits per heavy atom. The van der Waals surface area contributed by atoms with E-state index in [4.69, 9.17) is 21.1 Å². The predicted octanol–water partition coefficient (Wildman–Crippen LogP) is 4.79. The number of hydrogen-bond donors (Lipinski definition) is 1. The first-order valence-electron chi connectivity index (χ1n) is 7.41. The van der Waals surface area contributed by atoms with Crippen LogP contribution in [0, 0.1) is 0 Å². The van der Waals surface area contributed by atoms with Gasteiger partial charge in [0.05, 0.1) is 5.69 Å². The van der Waals surface area contributed by atoms with Gasteiger partial charge in [-0.1, -0.05) is 23.7 Å². The fourth-order valence-corrected chi connectivity index (χ4v) is 2.83. The maximum Gasteiger partial charge on any atom is 0.191 e. The van der Waals surface area contributed by atoms with E-state index in [1.807, 2.05) is 43.3 Å². The van der Waals surface area contributed by atoms with Gasteiger partial charge in [0.2, 0.25) is 0 Å². The van der Waals surface area contributed by atoms with Crippen molar-refractivity contribution >= 4 is 11.6 Å². The van der Waals surface area contributed by atoms with Gasteiger partial charge < -0.3 is 14.5 Å². The topological polar surface area (TPSA) is 47.1 Å². The summed E-state index contributed by atoms with van der Waals surface area (Å²) in [6, 6.07) is 13.7. The number of H-pyrrole nitrogens is 1. The summed E-state index contributed by atoms with van der Waals surface area (Å²) in [7, 11) is 0. The summed E-state index contributed by atoms with van der Waals surface area (Å²) >= 11 is 5.97. The molecule has 0 bridgehead atoms. The van der Waals surface area contributed by atoms with Crippen molar-refractivity contribution in [3.05, 3.63) is 65.4 Å². The van der Waals surface area contributed by atoms with Crippen LogP contribution in [-0.2, 0) is 9.47 Å². The van der Waals surface area contributed by atoms with E-state index in [9.17, 15) is 0 Å². The highest BCUT2D eigenvalue weighted by molar-refractivity contribution is 6.30. The average Bonchev–Trinajstić information content (AvgIpc) is 2.98. The van der Waals surface area contributed by atoms with E-state index in [1.165, 1.54) is 0 Å². The molecule has 1 saturated heterocycles. The van der Waals surface area contributed by atoms with E-state index in [0.717, 1.165) is 33.1 Å². The summed E-state index contributed by atoms with van der Waals surface area (Å²) < 4.78 is 11.4. The molecule has 1 aliphatic heterocycles. The minimum atomic E-state index is -0.342. The number of nitrogens with one attached hydrogen (secondary N) is 1. The molecule has 116 valence electrons. The average molecular weight is 327 g/mol. The molecule has 0 aliphatic carbocycles. The first-order valence-corrected chi connectivity index (χ1v) is 7.78. The summed E-state index contributed by atoms with van der Waals surface area (Å²) in [5, 5.41) is 0.717. The standard InChI is InChI=1S/C18H15ClN2O2/c1-11-22-18(23-11)15-10-16(12-2-4-14(19)5-3-12)21-17(15)13-6-8-20-9-7-13/h2-11,18,21H,1H3. The summed E-state index contributed by atoms with van der Waals surface area (Å²) in [4.78, 5) is 7.54. The second-order valence-electron chi connectivity index (χ2n) is 5.43. The summed E-state index contributed by atoms with van der Waals surface area (Å²) in [6.07, 6.45) is 3.03. The Labute approximate surface area is 139 Å². The van der Waals surface area contributed by atoms with Gasteiger partial charge in [0.25, 0.3) is 0 Å². The number of aromatic nitrogens is 2. The lowest BCUT2D eigenvalue weighted by Crippen LogP contribution is -2.31. The van der Waals surface area contributed by atoms with Crippen LogP contribution < -0.4 is 0 Å². The van der Waals surface area contributed by atoms with Crippen molar-refractivity contribution < 1.29 is 9.47 Å². The number of aromatic amines is 1. The van der Waals surface area contributed by atoms with E-state index in [1.54, 1.807) is 12.4 Å². The van der Waals surface area contributed by atoms with Crippen LogP contribution in [0.1, 0.15) is 18.8 Å². The lowest BCUT2D eigenvalue weighted by molar-refractivity contribution is -0.382. The third kappa shape index (κ3) is 2.77. The molecule has 0 saturated carbocycles. The van der Waals surface area contributed by atoms with Crippen LogP contribution >= 0.6 is 11.6 Å². The quantitative estimate of drug-likeness (QED) is 0.752. The van der Waals surface area contributed by atoms with Gasteiger partial charge in [-0.15, -0.1) is 0 Å². The van der Waals surface area contributed by atoms with E-state index in [0.29, 0.717) is 0 Å². The summed E-state index contributed by atoms with van der Waals surface area (Å²) in [5.41, 5.74) is 5.06. The van der Waals surface area contributed by atoms with E-state index in [2.05, 4.69) is 16.0 Å². The summed E-state index contributed by atoms with van der Waals surface area (Å²) in [5.74, 6) is 0. The fourth-order valence-electron chi connectivity index (χ4n) is 2.70. The van der Waals surface area contributed by atoms with Crippen molar-refractivity contribution in [2.45, 2.75) is 19.5 Å². The zero-order valence-corrected chi connectivity index (χ0v) is 13.2. The molecule has 1 aliphatic rings. The molecule has 1 fully saturated rings. The summed E-state index contributed by atoms with van der Waals surface area (Å²) in [6.45, 7) is 1.88. The molecule has 1 aromatic carbocycles. The van der Waals surface area contributed by atoms with Crippen molar-refractivity contribution in [1.82, 2.24) is 9.97 Å². The molecule has 3 aromatic rings. The van der Waals surface area contributed by atoms with Crippen LogP contribution in [0.5, 0.6) is 0 Å². The molecule has 5 heteroatoms. The maximum atomic E-state index is 5.97. The Bertz CT molecular complexity index is 809. The number of halogens is 1. The van der Waals surface area contributed by atoms with E-state index < -0.39 is 0 Å². The molecule has 4 nitrogen and oxygen atoms in total. The number of rotatable bonds is 3. The number of hydrogen-bond acceptors (Lipinski definition) is 3. The van der Waals surface area contributed by atoms with Gasteiger partial charge >= 0.3 is 0 Å². The minimum absolute atomic E-state index is 0.167. The predicted molar refractivity (Wildman–Crippen MR) is 88.8 cm³/mol. The maximum absolute atomic E-state index is 5.97. The zero-order chi connectivity index (χ0) is 15.8. The molecule has 0 amide bonds. The molecule has 23 heavy (non-hydrogen) atoms. The van der Waals surface area contributed by atoms with E-state index >= 15 is 0 Å². The minimum Gasteiger partial charge on any atom is -0.354 e. The van der Waals surface area contributed by atoms with Crippen LogP contribution in [0.4, 0.5) is 0 Å². The fraction of sp³-hybridized carbons (Fsp3) is 0.167. The first kappa shape index (κ1) is 14.5. The molecule has 0 unspecified atom stereocenters. The number of ether oxygens (including phenoxy) is 2. The molecule has 4 rings (SSSR count). The SMILES string of the molecule is CC1OC(c2cc(-c3ccc(Cl)cc3)[nH]c2-c2ccncc2)O1. The Balaban J connectivity index is 1.78. The van der Waals surface area contributed by atoms with Crippen LogP contribution in [0.2, 0.25) is 5.02 Å². The van der Waals surface area contributed by atoms with Gasteiger partial charge in [-0.05, 0) is 42.8 Å². The zero-order valence-electron chi connectivity index (χ0n) is 12.5. The molecule has 0 radical (unpaired) electrons. The smallest absolute Gasteiger partial charge is 0.191 e. The lowest BCUT2D eigenvalue weighted by atomic mass is 10.1. The molecule has 0 atom stereocenters. The molecule has 2 aromatic heterocycles. The molecule has 1 N–H and O–H groups in total. The third-order valence-electron chi connectivity index (χ3n) is 3.86. The Hall–Kier alpha value is -2.14. The van der Waals surface area contributed by atoms with Crippen molar-refractivity contribution in [3.8, 4) is 22.5 Å². The number of pyridine rings is 1. The van der Waals surface area contributed by atoms with Gasteiger partial charge in [0, 0.05) is 34.2 Å². The Morgan fingerprint density at radius 3 is 2.35 bits per heavy atom. The second kappa shape index (κ2) is 5.81. The van der Waals surface area contributed by atoms with Gasteiger partial charge in [-0.3, -0.25) is 4.98 Å². The Morgan fingerprint density at radius 2 is 1.70 bits per heavy atom. The third-order valence-corrected chi connectivity index (χ3v) is 4.11. The van der Waals surface area contributed by atoms with Crippen molar-refractivity contribution in [2.75, 3.05) is 0 Å². The highest BCUT2D eigenvalue weighted by Crippen LogP contribution is 2.39. The van der Waals surface area contributed by atoms with Crippen molar-refractivity contribution in [2.24, 2.45) is 0 Å². The van der Waals surface area contributed by atoms with Crippen molar-refractivity contribution in [1.29, 1.82) is 0 Å². The van der Waals surface area contributed by atoms with Crippen molar-refractivity contribution in [3.63, 3.8) is 0 Å². The molecular formula is C18H15ClN2O2. The lowest BCUT2D eigenvalue weighted by Gasteiger charge is -2.33. The van der Waals surface area contributed by atoms with Crippen LogP contribution in [0.15, 0.2) is 54.9 Å². The second-order valence-corrected chi connectivity index (χ2v) is 5.86. The molecule has 0 spiro atoms. The highest BCUT2D eigenvalue weighted by Gasteiger charge is 2.32. The number of nitrogens with zero attached hydrogens (tertiary/aromatic N) is 1. The monoisotopic (exact) mass is 326 g/mol. The normalized spacial score (nSPS) is 20.3. The van der Waals surface area contributed by atoms with Crippen LogP contribution in [-0.4, -0.2) is 16.3 Å². The van der Waals surface area contributed by atoms with Gasteiger partial charge in [0.15, 0.2) is 12.6 Å². The molecule has 3 heterocycles. The van der Waals surface area contributed by atoms with Crippen LogP contribution in [0.3, 0.4) is 0 Å².